The van der Waals surface area contributed by atoms with Gasteiger partial charge < -0.3 is 15.2 Å². The maximum absolute atomic E-state index is 12.8. The number of amides is 1. The molecule has 2 N–H and O–H groups in total. The summed E-state index contributed by atoms with van der Waals surface area (Å²) < 4.78 is 31.9. The van der Waals surface area contributed by atoms with E-state index < -0.39 is 27.9 Å². The Balaban J connectivity index is 2.20. The Bertz CT molecular complexity index is 741. The van der Waals surface area contributed by atoms with Crippen LogP contribution in [0.15, 0.2) is 29.2 Å². The molecular formula is C17H24N2O6S. The van der Waals surface area contributed by atoms with Gasteiger partial charge in [-0.2, -0.15) is 4.31 Å². The highest BCUT2D eigenvalue weighted by Gasteiger charge is 2.26. The Kier molecular flexibility index (Phi) is 7.13. The summed E-state index contributed by atoms with van der Waals surface area (Å²) in [5.41, 5.74) is 0.0863. The summed E-state index contributed by atoms with van der Waals surface area (Å²) in [6, 6.07) is 4.44. The normalized spacial score (nSPS) is 17.3. The second kappa shape index (κ2) is 9.11. The lowest BCUT2D eigenvalue weighted by atomic mass is 10.2. The molecule has 1 atom stereocenters. The average molecular weight is 384 g/mol. The molecule has 1 amide bonds. The van der Waals surface area contributed by atoms with Crippen LogP contribution in [-0.2, 0) is 19.6 Å². The van der Waals surface area contributed by atoms with Gasteiger partial charge in [-0.1, -0.05) is 18.9 Å². The highest BCUT2D eigenvalue weighted by Crippen LogP contribution is 2.21. The van der Waals surface area contributed by atoms with Gasteiger partial charge in [0.15, 0.2) is 6.04 Å². The predicted octanol–water partition coefficient (Wildman–Crippen LogP) is 1.08. The highest BCUT2D eigenvalue weighted by atomic mass is 32.2. The number of hydrogen-bond acceptors (Lipinski definition) is 5. The van der Waals surface area contributed by atoms with Crippen molar-refractivity contribution in [3.8, 4) is 0 Å². The number of carbonyl (C=O) groups is 2. The van der Waals surface area contributed by atoms with Gasteiger partial charge in [-0.15, -0.1) is 0 Å². The van der Waals surface area contributed by atoms with Crippen LogP contribution in [0.4, 0.5) is 0 Å². The van der Waals surface area contributed by atoms with Crippen molar-refractivity contribution in [3.63, 3.8) is 0 Å². The smallest absolute Gasteiger partial charge is 0.328 e. The number of sulfonamides is 1. The van der Waals surface area contributed by atoms with Gasteiger partial charge in [-0.25, -0.2) is 13.2 Å². The van der Waals surface area contributed by atoms with Gasteiger partial charge in [0, 0.05) is 25.8 Å². The predicted molar refractivity (Wildman–Crippen MR) is 94.4 cm³/mol. The molecule has 1 saturated heterocycles. The maximum Gasteiger partial charge on any atom is 0.328 e. The Hall–Kier alpha value is -1.97. The van der Waals surface area contributed by atoms with Gasteiger partial charge in [-0.3, -0.25) is 4.79 Å². The van der Waals surface area contributed by atoms with Crippen molar-refractivity contribution in [2.75, 3.05) is 26.8 Å². The molecule has 0 aromatic heterocycles. The van der Waals surface area contributed by atoms with E-state index in [1.54, 1.807) is 0 Å². The number of aliphatic carboxylic acids is 1. The van der Waals surface area contributed by atoms with Crippen molar-refractivity contribution in [2.45, 2.75) is 36.6 Å². The molecule has 1 heterocycles. The second-order valence-corrected chi connectivity index (χ2v) is 8.10. The molecule has 26 heavy (non-hydrogen) atoms. The lowest BCUT2D eigenvalue weighted by molar-refractivity contribution is -0.140. The third-order valence-electron chi connectivity index (χ3n) is 4.24. The molecule has 1 aromatic carbocycles. The summed E-state index contributed by atoms with van der Waals surface area (Å²) in [5.74, 6) is -1.89. The maximum atomic E-state index is 12.8. The van der Waals surface area contributed by atoms with E-state index in [4.69, 9.17) is 9.84 Å². The Morgan fingerprint density at radius 1 is 1.23 bits per heavy atom. The third-order valence-corrected chi connectivity index (χ3v) is 6.13. The summed E-state index contributed by atoms with van der Waals surface area (Å²) in [6.45, 7) is 0.744. The van der Waals surface area contributed by atoms with Gasteiger partial charge >= 0.3 is 5.97 Å². The molecule has 0 saturated carbocycles. The van der Waals surface area contributed by atoms with Crippen LogP contribution in [0.2, 0.25) is 0 Å². The minimum absolute atomic E-state index is 0.0330. The average Bonchev–Trinajstić information content (AvgIpc) is 2.91. The van der Waals surface area contributed by atoms with Crippen molar-refractivity contribution in [1.29, 1.82) is 0 Å². The highest BCUT2D eigenvalue weighted by molar-refractivity contribution is 7.89. The van der Waals surface area contributed by atoms with Gasteiger partial charge in [-0.05, 0) is 31.0 Å². The SMILES string of the molecule is COCC(NC(=O)c1cccc(S(=O)(=O)N2CCCCCC2)c1)C(=O)O. The lowest BCUT2D eigenvalue weighted by Crippen LogP contribution is -2.43. The van der Waals surface area contributed by atoms with Crippen molar-refractivity contribution in [1.82, 2.24) is 9.62 Å². The quantitative estimate of drug-likeness (QED) is 0.727. The summed E-state index contributed by atoms with van der Waals surface area (Å²) in [6.07, 6.45) is 3.64. The molecule has 0 spiro atoms. The van der Waals surface area contributed by atoms with Gasteiger partial charge in [0.1, 0.15) is 0 Å². The first kappa shape index (κ1) is 20.3. The summed E-state index contributed by atoms with van der Waals surface area (Å²) in [5, 5.41) is 11.4. The van der Waals surface area contributed by atoms with E-state index in [-0.39, 0.29) is 17.1 Å². The monoisotopic (exact) mass is 384 g/mol. The largest absolute Gasteiger partial charge is 0.480 e. The van der Waals surface area contributed by atoms with Crippen LogP contribution >= 0.6 is 0 Å². The molecule has 1 aromatic rings. The molecule has 0 bridgehead atoms. The van der Waals surface area contributed by atoms with Crippen molar-refractivity contribution in [2.24, 2.45) is 0 Å². The first-order valence-electron chi connectivity index (χ1n) is 8.49. The number of benzene rings is 1. The van der Waals surface area contributed by atoms with E-state index >= 15 is 0 Å². The van der Waals surface area contributed by atoms with Crippen LogP contribution < -0.4 is 5.32 Å². The topological polar surface area (TPSA) is 113 Å². The van der Waals surface area contributed by atoms with Crippen molar-refractivity contribution < 1.29 is 27.9 Å². The van der Waals surface area contributed by atoms with Crippen LogP contribution in [0.3, 0.4) is 0 Å². The minimum atomic E-state index is -3.68. The zero-order valence-electron chi connectivity index (χ0n) is 14.7. The van der Waals surface area contributed by atoms with E-state index in [1.807, 2.05) is 0 Å². The molecule has 9 heteroatoms. The number of carbonyl (C=O) groups excluding carboxylic acids is 1. The summed E-state index contributed by atoms with van der Waals surface area (Å²) in [4.78, 5) is 23.5. The lowest BCUT2D eigenvalue weighted by Gasteiger charge is -2.20. The van der Waals surface area contributed by atoms with Crippen LogP contribution in [0.1, 0.15) is 36.0 Å². The second-order valence-electron chi connectivity index (χ2n) is 6.17. The standard InChI is InChI=1S/C17H24N2O6S/c1-25-12-15(17(21)22)18-16(20)13-7-6-8-14(11-13)26(23,24)19-9-4-2-3-5-10-19/h6-8,11,15H,2-5,9-10,12H2,1H3,(H,18,20)(H,21,22). The number of ether oxygens (including phenoxy) is 1. The number of rotatable bonds is 7. The Labute approximate surface area is 153 Å². The summed E-state index contributed by atoms with van der Waals surface area (Å²) in [7, 11) is -2.35. The molecule has 1 aliphatic heterocycles. The molecule has 0 aliphatic carbocycles. The number of methoxy groups -OCH3 is 1. The van der Waals surface area contributed by atoms with Crippen molar-refractivity contribution >= 4 is 21.9 Å². The molecule has 2 rings (SSSR count). The van der Waals surface area contributed by atoms with Crippen LogP contribution in [0.25, 0.3) is 0 Å². The van der Waals surface area contributed by atoms with E-state index in [9.17, 15) is 18.0 Å². The fourth-order valence-electron chi connectivity index (χ4n) is 2.81. The third kappa shape index (κ3) is 5.03. The Morgan fingerprint density at radius 2 is 1.88 bits per heavy atom. The zero-order valence-corrected chi connectivity index (χ0v) is 15.5. The Morgan fingerprint density at radius 3 is 2.46 bits per heavy atom. The zero-order chi connectivity index (χ0) is 19.2. The fourth-order valence-corrected chi connectivity index (χ4v) is 4.38. The molecular weight excluding hydrogens is 360 g/mol. The number of hydrogen-bond donors (Lipinski definition) is 2. The minimum Gasteiger partial charge on any atom is -0.480 e. The van der Waals surface area contributed by atoms with E-state index in [0.29, 0.717) is 13.1 Å². The molecule has 0 radical (unpaired) electrons. The van der Waals surface area contributed by atoms with E-state index in [2.05, 4.69) is 5.32 Å². The van der Waals surface area contributed by atoms with Gasteiger partial charge in [0.25, 0.3) is 5.91 Å². The first-order valence-corrected chi connectivity index (χ1v) is 9.93. The molecule has 1 fully saturated rings. The molecule has 8 nitrogen and oxygen atoms in total. The van der Waals surface area contributed by atoms with Crippen LogP contribution in [-0.4, -0.2) is 62.6 Å². The van der Waals surface area contributed by atoms with Crippen LogP contribution in [0.5, 0.6) is 0 Å². The van der Waals surface area contributed by atoms with Crippen LogP contribution in [0, 0.1) is 0 Å². The number of nitrogens with one attached hydrogen (secondary N) is 1. The van der Waals surface area contributed by atoms with E-state index in [1.165, 1.54) is 35.7 Å². The first-order chi connectivity index (χ1) is 12.4. The van der Waals surface area contributed by atoms with Crippen molar-refractivity contribution in [3.05, 3.63) is 29.8 Å². The summed E-state index contributed by atoms with van der Waals surface area (Å²) >= 11 is 0. The number of carboxylic acid groups (broad SMARTS) is 1. The van der Waals surface area contributed by atoms with Gasteiger partial charge in [0.2, 0.25) is 10.0 Å². The van der Waals surface area contributed by atoms with Gasteiger partial charge in [0.05, 0.1) is 11.5 Å². The molecule has 1 aliphatic rings. The van der Waals surface area contributed by atoms with E-state index in [0.717, 1.165) is 25.7 Å². The number of nitrogens with zero attached hydrogens (tertiary/aromatic N) is 1. The molecule has 1 unspecified atom stereocenters. The molecule has 144 valence electrons. The number of carboxylic acids is 1. The fraction of sp³-hybridized carbons (Fsp3) is 0.529.